The Labute approximate surface area is 222 Å². The summed E-state index contributed by atoms with van der Waals surface area (Å²) in [4.78, 5) is 4.85. The summed E-state index contributed by atoms with van der Waals surface area (Å²) in [5.74, 6) is 0. The van der Waals surface area contributed by atoms with Crippen LogP contribution in [0.25, 0.3) is 23.9 Å². The highest BCUT2D eigenvalue weighted by molar-refractivity contribution is 5.94. The van der Waals surface area contributed by atoms with Crippen molar-refractivity contribution in [3.63, 3.8) is 0 Å². The summed E-state index contributed by atoms with van der Waals surface area (Å²) in [6.07, 6.45) is 4.83. The van der Waals surface area contributed by atoms with Gasteiger partial charge in [0.1, 0.15) is 0 Å². The lowest BCUT2D eigenvalue weighted by atomic mass is 10.0. The summed E-state index contributed by atoms with van der Waals surface area (Å²) < 4.78 is 0. The third kappa shape index (κ3) is 6.03. The molecule has 0 heterocycles. The molecule has 0 aliphatic rings. The summed E-state index contributed by atoms with van der Waals surface area (Å²) in [5.41, 5.74) is 4.80. The van der Waals surface area contributed by atoms with Gasteiger partial charge >= 0.3 is 0 Å². The van der Waals surface area contributed by atoms with E-state index in [-0.39, 0.29) is 6.04 Å². The molecule has 4 aromatic carbocycles. The van der Waals surface area contributed by atoms with E-state index >= 15 is 0 Å². The van der Waals surface area contributed by atoms with E-state index in [0.29, 0.717) is 0 Å². The number of hydrogen-bond acceptors (Lipinski definition) is 2. The third-order valence-corrected chi connectivity index (χ3v) is 7.16. The van der Waals surface area contributed by atoms with Crippen LogP contribution in [0, 0.1) is 0 Å². The number of nitrogens with zero attached hydrogens (tertiary/aromatic N) is 2. The second kappa shape index (κ2) is 12.3. The van der Waals surface area contributed by atoms with Crippen molar-refractivity contribution in [3.05, 3.63) is 132 Å². The normalized spacial score (nSPS) is 11.7. The van der Waals surface area contributed by atoms with Crippen molar-refractivity contribution in [2.75, 3.05) is 22.9 Å². The molecule has 37 heavy (non-hydrogen) atoms. The fraction of sp³-hybridized carbons (Fsp3) is 0.200. The molecule has 0 bridgehead atoms. The third-order valence-electron chi connectivity index (χ3n) is 7.16. The zero-order chi connectivity index (χ0) is 26.2. The first kappa shape index (κ1) is 26.0. The van der Waals surface area contributed by atoms with E-state index in [1.807, 2.05) is 0 Å². The van der Waals surface area contributed by atoms with Crippen LogP contribution in [0.15, 0.2) is 116 Å². The Morgan fingerprint density at radius 1 is 0.838 bits per heavy atom. The smallest absolute Gasteiger partial charge is 0.0533 e. The Hall–Kier alpha value is -4.04. The maximum Gasteiger partial charge on any atom is 0.0533 e. The van der Waals surface area contributed by atoms with Crippen molar-refractivity contribution in [1.82, 2.24) is 0 Å². The van der Waals surface area contributed by atoms with Gasteiger partial charge in [-0.15, -0.1) is 6.58 Å². The van der Waals surface area contributed by atoms with E-state index in [1.165, 1.54) is 22.0 Å². The molecule has 0 saturated carbocycles. The molecular weight excluding hydrogens is 448 g/mol. The molecule has 2 heteroatoms. The molecule has 0 amide bonds. The molecule has 0 radical (unpaired) electrons. The van der Waals surface area contributed by atoms with Gasteiger partial charge in [0.15, 0.2) is 0 Å². The van der Waals surface area contributed by atoms with Gasteiger partial charge in [0, 0.05) is 35.5 Å². The van der Waals surface area contributed by atoms with Crippen LogP contribution in [0.2, 0.25) is 0 Å². The van der Waals surface area contributed by atoms with E-state index in [0.717, 1.165) is 54.2 Å². The number of hydrogen-bond donors (Lipinski definition) is 0. The van der Waals surface area contributed by atoms with Crippen molar-refractivity contribution >= 4 is 35.3 Å². The van der Waals surface area contributed by atoms with Crippen LogP contribution in [0.5, 0.6) is 0 Å². The van der Waals surface area contributed by atoms with Crippen molar-refractivity contribution in [1.29, 1.82) is 0 Å². The van der Waals surface area contributed by atoms with Crippen LogP contribution in [0.3, 0.4) is 0 Å². The minimum absolute atomic E-state index is 0.131. The summed E-state index contributed by atoms with van der Waals surface area (Å²) in [6.45, 7) is 21.2. The number of rotatable bonds is 12. The maximum atomic E-state index is 4.39. The minimum Gasteiger partial charge on any atom is -0.371 e. The molecule has 0 saturated heterocycles. The van der Waals surface area contributed by atoms with Crippen LogP contribution < -0.4 is 20.2 Å². The lowest BCUT2D eigenvalue weighted by Gasteiger charge is -2.35. The van der Waals surface area contributed by atoms with Gasteiger partial charge in [0.25, 0.3) is 0 Å². The molecule has 188 valence electrons. The van der Waals surface area contributed by atoms with Crippen molar-refractivity contribution in [3.8, 4) is 0 Å². The van der Waals surface area contributed by atoms with Gasteiger partial charge in [-0.25, -0.2) is 0 Å². The number of para-hydroxylation sites is 1. The Morgan fingerprint density at radius 3 is 2.11 bits per heavy atom. The molecule has 0 fully saturated rings. The van der Waals surface area contributed by atoms with E-state index in [1.54, 1.807) is 0 Å². The Balaban J connectivity index is 1.68. The first-order valence-electron chi connectivity index (χ1n) is 13.2. The molecule has 0 N–H and O–H groups in total. The first-order valence-corrected chi connectivity index (χ1v) is 13.2. The van der Waals surface area contributed by atoms with Gasteiger partial charge in [0.2, 0.25) is 0 Å². The second-order valence-electron chi connectivity index (χ2n) is 9.52. The van der Waals surface area contributed by atoms with Crippen LogP contribution in [0.4, 0.5) is 11.4 Å². The summed E-state index contributed by atoms with van der Waals surface area (Å²) in [7, 11) is 0. The Morgan fingerprint density at radius 2 is 1.46 bits per heavy atom. The molecule has 0 aromatic heterocycles. The number of fused-ring (bicyclic) bond motifs is 1. The minimum atomic E-state index is 0.131. The van der Waals surface area contributed by atoms with E-state index < -0.39 is 0 Å². The average Bonchev–Trinajstić information content (AvgIpc) is 2.95. The fourth-order valence-electron chi connectivity index (χ4n) is 5.00. The van der Waals surface area contributed by atoms with Gasteiger partial charge in [-0.2, -0.15) is 0 Å². The van der Waals surface area contributed by atoms with Gasteiger partial charge in [-0.3, -0.25) is 0 Å². The van der Waals surface area contributed by atoms with Crippen molar-refractivity contribution in [2.24, 2.45) is 0 Å². The number of benzene rings is 4. The number of allylic oxidation sites excluding steroid dienone is 1. The monoisotopic (exact) mass is 486 g/mol. The highest BCUT2D eigenvalue weighted by Crippen LogP contribution is 2.28. The van der Waals surface area contributed by atoms with Crippen LogP contribution in [-0.4, -0.2) is 19.1 Å². The molecule has 1 atom stereocenters. The summed E-state index contributed by atoms with van der Waals surface area (Å²) in [5, 5.41) is 4.37. The quantitative estimate of drug-likeness (QED) is 0.197. The molecule has 4 rings (SSSR count). The zero-order valence-electron chi connectivity index (χ0n) is 22.1. The van der Waals surface area contributed by atoms with Crippen molar-refractivity contribution in [2.45, 2.75) is 32.2 Å². The zero-order valence-corrected chi connectivity index (χ0v) is 22.1. The SMILES string of the molecule is C=CC(CCN(CCc1ccccc1)c1cc(=C)c(=C)c2ccccc12)N(C(=C)CC)c1ccccc1. The lowest BCUT2D eigenvalue weighted by molar-refractivity contribution is 0.643. The van der Waals surface area contributed by atoms with Crippen LogP contribution in [-0.2, 0) is 6.42 Å². The highest BCUT2D eigenvalue weighted by Gasteiger charge is 2.20. The topological polar surface area (TPSA) is 6.48 Å². The standard InChI is InChI=1S/C35H38N2/c1-6-28(4)37(32-18-12-9-13-19-32)31(7-2)23-25-36(24-22-30-16-10-8-11-17-30)35-26-27(3)29(5)33-20-14-15-21-34(33)35/h7-21,26,31H,2-6,22-25H2,1H3. The van der Waals surface area contributed by atoms with Gasteiger partial charge in [0.05, 0.1) is 6.04 Å². The molecule has 0 aliphatic carbocycles. The molecule has 0 spiro atoms. The first-order chi connectivity index (χ1) is 18.0. The largest absolute Gasteiger partial charge is 0.371 e. The van der Waals surface area contributed by atoms with E-state index in [9.17, 15) is 0 Å². The maximum absolute atomic E-state index is 4.39. The Kier molecular flexibility index (Phi) is 8.64. The van der Waals surface area contributed by atoms with Crippen LogP contribution in [0.1, 0.15) is 25.3 Å². The molecule has 2 nitrogen and oxygen atoms in total. The second-order valence-corrected chi connectivity index (χ2v) is 9.52. The molecule has 0 aliphatic heterocycles. The van der Waals surface area contributed by atoms with E-state index in [2.05, 4.69) is 140 Å². The van der Waals surface area contributed by atoms with Gasteiger partial charge in [-0.1, -0.05) is 106 Å². The average molecular weight is 487 g/mol. The van der Waals surface area contributed by atoms with E-state index in [4.69, 9.17) is 0 Å². The molecule has 4 aromatic rings. The predicted molar refractivity (Wildman–Crippen MR) is 164 cm³/mol. The predicted octanol–water partition coefficient (Wildman–Crippen LogP) is 7.08. The van der Waals surface area contributed by atoms with Gasteiger partial charge < -0.3 is 9.80 Å². The number of anilines is 2. The molecular formula is C35H38N2. The van der Waals surface area contributed by atoms with Crippen LogP contribution >= 0.6 is 0 Å². The fourth-order valence-corrected chi connectivity index (χ4v) is 5.00. The molecule has 1 unspecified atom stereocenters. The summed E-state index contributed by atoms with van der Waals surface area (Å²) >= 11 is 0. The van der Waals surface area contributed by atoms with Gasteiger partial charge in [-0.05, 0) is 58.8 Å². The Bertz CT molecular complexity index is 1440. The summed E-state index contributed by atoms with van der Waals surface area (Å²) in [6, 6.07) is 32.1. The lowest BCUT2D eigenvalue weighted by Crippen LogP contribution is -2.38. The highest BCUT2D eigenvalue weighted by atomic mass is 15.2. The van der Waals surface area contributed by atoms with Crippen molar-refractivity contribution < 1.29 is 0 Å².